The van der Waals surface area contributed by atoms with Gasteiger partial charge in [0.1, 0.15) is 0 Å². The van der Waals surface area contributed by atoms with Crippen LogP contribution in [0.3, 0.4) is 0 Å². The standard InChI is InChI=1S/C19H20N4O3/c24-17(25)19-10-4-7-14(19)11-23(12-19)18(26)20-16-9-8-15(21-22-16)13-5-2-1-3-6-13/h1-3,5-6,8-9,14H,4,7,10-12H2,(H,24,25)(H,20,22,26)/t14-,19+/m0/s1. The number of carboxylic acids is 1. The second-order valence-electron chi connectivity index (χ2n) is 7.03. The van der Waals surface area contributed by atoms with Crippen molar-refractivity contribution in [1.29, 1.82) is 0 Å². The Morgan fingerprint density at radius 1 is 1.15 bits per heavy atom. The summed E-state index contributed by atoms with van der Waals surface area (Å²) in [5.41, 5.74) is 0.901. The topological polar surface area (TPSA) is 95.4 Å². The monoisotopic (exact) mass is 352 g/mol. The van der Waals surface area contributed by atoms with Gasteiger partial charge in [-0.2, -0.15) is 0 Å². The van der Waals surface area contributed by atoms with E-state index in [2.05, 4.69) is 15.5 Å². The normalized spacial score (nSPS) is 24.3. The minimum atomic E-state index is -0.790. The summed E-state index contributed by atoms with van der Waals surface area (Å²) in [6, 6.07) is 12.9. The molecule has 0 unspecified atom stereocenters. The molecule has 7 nitrogen and oxygen atoms in total. The van der Waals surface area contributed by atoms with Crippen LogP contribution in [-0.2, 0) is 4.79 Å². The molecule has 1 aliphatic carbocycles. The minimum Gasteiger partial charge on any atom is -0.481 e. The predicted molar refractivity (Wildman–Crippen MR) is 95.5 cm³/mol. The lowest BCUT2D eigenvalue weighted by molar-refractivity contribution is -0.149. The largest absolute Gasteiger partial charge is 0.481 e. The molecular formula is C19H20N4O3. The van der Waals surface area contributed by atoms with Crippen molar-refractivity contribution in [2.75, 3.05) is 18.4 Å². The number of amides is 2. The predicted octanol–water partition coefficient (Wildman–Crippen LogP) is 2.86. The summed E-state index contributed by atoms with van der Waals surface area (Å²) >= 11 is 0. The summed E-state index contributed by atoms with van der Waals surface area (Å²) < 4.78 is 0. The van der Waals surface area contributed by atoms with E-state index in [1.54, 1.807) is 17.0 Å². The van der Waals surface area contributed by atoms with Crippen LogP contribution in [0.25, 0.3) is 11.3 Å². The number of hydrogen-bond acceptors (Lipinski definition) is 4. The van der Waals surface area contributed by atoms with Crippen LogP contribution >= 0.6 is 0 Å². The smallest absolute Gasteiger partial charge is 0.323 e. The molecule has 1 aromatic carbocycles. The molecule has 2 aromatic rings. The van der Waals surface area contributed by atoms with Gasteiger partial charge in [0.25, 0.3) is 0 Å². The lowest BCUT2D eigenvalue weighted by atomic mass is 9.81. The van der Waals surface area contributed by atoms with Gasteiger partial charge in [-0.25, -0.2) is 4.79 Å². The summed E-state index contributed by atoms with van der Waals surface area (Å²) in [4.78, 5) is 25.8. The number of benzene rings is 1. The molecule has 1 saturated heterocycles. The summed E-state index contributed by atoms with van der Waals surface area (Å²) in [5, 5.41) is 20.6. The number of urea groups is 1. The number of nitrogens with zero attached hydrogens (tertiary/aromatic N) is 3. The third-order valence-corrected chi connectivity index (χ3v) is 5.55. The highest BCUT2D eigenvalue weighted by molar-refractivity contribution is 5.89. The number of aliphatic carboxylic acids is 1. The molecule has 2 fully saturated rings. The van der Waals surface area contributed by atoms with Crippen molar-refractivity contribution in [3.05, 3.63) is 42.5 Å². The Bertz CT molecular complexity index is 824. The molecule has 1 aromatic heterocycles. The number of carbonyl (C=O) groups excluding carboxylic acids is 1. The third-order valence-electron chi connectivity index (χ3n) is 5.55. The van der Waals surface area contributed by atoms with Gasteiger partial charge in [-0.1, -0.05) is 36.8 Å². The summed E-state index contributed by atoms with van der Waals surface area (Å²) in [6.45, 7) is 0.738. The number of anilines is 1. The number of carbonyl (C=O) groups is 2. The number of likely N-dealkylation sites (tertiary alicyclic amines) is 1. The number of rotatable bonds is 3. The molecule has 7 heteroatoms. The number of nitrogens with one attached hydrogen (secondary N) is 1. The van der Waals surface area contributed by atoms with Crippen LogP contribution in [0.15, 0.2) is 42.5 Å². The Kier molecular flexibility index (Phi) is 4.06. The Labute approximate surface area is 151 Å². The van der Waals surface area contributed by atoms with Crippen molar-refractivity contribution in [2.24, 2.45) is 11.3 Å². The molecular weight excluding hydrogens is 332 g/mol. The summed E-state index contributed by atoms with van der Waals surface area (Å²) in [6.07, 6.45) is 2.42. The molecule has 26 heavy (non-hydrogen) atoms. The van der Waals surface area contributed by atoms with Crippen molar-refractivity contribution in [3.63, 3.8) is 0 Å². The van der Waals surface area contributed by atoms with Gasteiger partial charge >= 0.3 is 12.0 Å². The fourth-order valence-electron chi connectivity index (χ4n) is 4.14. The van der Waals surface area contributed by atoms with Crippen molar-refractivity contribution in [1.82, 2.24) is 15.1 Å². The highest BCUT2D eigenvalue weighted by Crippen LogP contribution is 2.48. The Balaban J connectivity index is 1.43. The number of carboxylic acid groups (broad SMARTS) is 1. The van der Waals surface area contributed by atoms with Crippen LogP contribution in [0.5, 0.6) is 0 Å². The van der Waals surface area contributed by atoms with Crippen LogP contribution in [0, 0.1) is 11.3 Å². The maximum absolute atomic E-state index is 12.5. The van der Waals surface area contributed by atoms with Gasteiger partial charge in [-0.15, -0.1) is 10.2 Å². The molecule has 4 rings (SSSR count). The first kappa shape index (κ1) is 16.5. The van der Waals surface area contributed by atoms with E-state index < -0.39 is 11.4 Å². The first-order valence-electron chi connectivity index (χ1n) is 8.77. The third kappa shape index (κ3) is 2.79. The fourth-order valence-corrected chi connectivity index (χ4v) is 4.14. The number of hydrogen-bond donors (Lipinski definition) is 2. The second kappa shape index (κ2) is 6.40. The Morgan fingerprint density at radius 3 is 2.62 bits per heavy atom. The van der Waals surface area contributed by atoms with Crippen molar-refractivity contribution in [3.8, 4) is 11.3 Å². The summed E-state index contributed by atoms with van der Waals surface area (Å²) in [7, 11) is 0. The molecule has 134 valence electrons. The maximum atomic E-state index is 12.5. The van der Waals surface area contributed by atoms with Crippen LogP contribution in [0.1, 0.15) is 19.3 Å². The molecule has 2 N–H and O–H groups in total. The van der Waals surface area contributed by atoms with Crippen molar-refractivity contribution in [2.45, 2.75) is 19.3 Å². The molecule has 0 radical (unpaired) electrons. The average molecular weight is 352 g/mol. The quantitative estimate of drug-likeness (QED) is 0.885. The van der Waals surface area contributed by atoms with Gasteiger partial charge in [0, 0.05) is 18.7 Å². The maximum Gasteiger partial charge on any atom is 0.323 e. The molecule has 2 amide bonds. The van der Waals surface area contributed by atoms with Gasteiger partial charge in [-0.3, -0.25) is 10.1 Å². The molecule has 0 spiro atoms. The van der Waals surface area contributed by atoms with Gasteiger partial charge in [0.15, 0.2) is 5.82 Å². The Hall–Kier alpha value is -2.96. The first-order chi connectivity index (χ1) is 12.6. The molecule has 0 bridgehead atoms. The van der Waals surface area contributed by atoms with E-state index >= 15 is 0 Å². The minimum absolute atomic E-state index is 0.0392. The molecule has 2 atom stereocenters. The van der Waals surface area contributed by atoms with Crippen LogP contribution in [-0.4, -0.2) is 45.3 Å². The molecule has 2 aliphatic rings. The van der Waals surface area contributed by atoms with Crippen LogP contribution in [0.2, 0.25) is 0 Å². The summed E-state index contributed by atoms with van der Waals surface area (Å²) in [5.74, 6) is -0.393. The van der Waals surface area contributed by atoms with Crippen LogP contribution in [0.4, 0.5) is 10.6 Å². The molecule has 1 aliphatic heterocycles. The average Bonchev–Trinajstić information content (AvgIpc) is 3.22. The van der Waals surface area contributed by atoms with E-state index in [-0.39, 0.29) is 18.5 Å². The van der Waals surface area contributed by atoms with Gasteiger partial charge in [0.05, 0.1) is 11.1 Å². The highest BCUT2D eigenvalue weighted by atomic mass is 16.4. The van der Waals surface area contributed by atoms with E-state index in [1.807, 2.05) is 30.3 Å². The molecule has 2 heterocycles. The van der Waals surface area contributed by atoms with E-state index in [0.717, 1.165) is 24.1 Å². The number of aromatic nitrogens is 2. The van der Waals surface area contributed by atoms with E-state index in [9.17, 15) is 14.7 Å². The van der Waals surface area contributed by atoms with Gasteiger partial charge < -0.3 is 10.0 Å². The van der Waals surface area contributed by atoms with E-state index in [1.165, 1.54) is 0 Å². The fraction of sp³-hybridized carbons (Fsp3) is 0.368. The SMILES string of the molecule is O=C(Nc1ccc(-c2ccccc2)nn1)N1C[C@@H]2CCC[C@@]2(C(=O)O)C1. The highest BCUT2D eigenvalue weighted by Gasteiger charge is 2.55. The van der Waals surface area contributed by atoms with Crippen molar-refractivity contribution >= 4 is 17.8 Å². The molecule has 1 saturated carbocycles. The first-order valence-corrected chi connectivity index (χ1v) is 8.77. The second-order valence-corrected chi connectivity index (χ2v) is 7.03. The van der Waals surface area contributed by atoms with Crippen molar-refractivity contribution < 1.29 is 14.7 Å². The zero-order valence-corrected chi connectivity index (χ0v) is 14.3. The van der Waals surface area contributed by atoms with Gasteiger partial charge in [-0.05, 0) is 30.9 Å². The lowest BCUT2D eigenvalue weighted by Gasteiger charge is -2.23. The zero-order valence-electron chi connectivity index (χ0n) is 14.3. The Morgan fingerprint density at radius 2 is 1.96 bits per heavy atom. The van der Waals surface area contributed by atoms with Crippen LogP contribution < -0.4 is 5.32 Å². The number of fused-ring (bicyclic) bond motifs is 1. The van der Waals surface area contributed by atoms with E-state index in [4.69, 9.17) is 0 Å². The van der Waals surface area contributed by atoms with Gasteiger partial charge in [0.2, 0.25) is 0 Å². The van der Waals surface area contributed by atoms with E-state index in [0.29, 0.717) is 18.8 Å². The zero-order chi connectivity index (χ0) is 18.1. The lowest BCUT2D eigenvalue weighted by Crippen LogP contribution is -2.38.